The SMILES string of the molecule is COc1ccc([C@@H](O)CNC(=O)[C@@H]2Cc3ccccc3C(=O)O2)cc1. The fourth-order valence-electron chi connectivity index (χ4n) is 2.73. The lowest BCUT2D eigenvalue weighted by Crippen LogP contribution is -2.43. The van der Waals surface area contributed by atoms with Gasteiger partial charge in [0.15, 0.2) is 6.10 Å². The third-order valence-electron chi connectivity index (χ3n) is 4.15. The van der Waals surface area contributed by atoms with Gasteiger partial charge in [0.05, 0.1) is 18.8 Å². The van der Waals surface area contributed by atoms with Gasteiger partial charge in [0.25, 0.3) is 5.91 Å². The topological polar surface area (TPSA) is 84.9 Å². The number of aliphatic hydroxyl groups is 1. The number of cyclic esters (lactones) is 1. The van der Waals surface area contributed by atoms with Gasteiger partial charge in [0.1, 0.15) is 5.75 Å². The minimum atomic E-state index is -0.884. The van der Waals surface area contributed by atoms with Crippen LogP contribution in [0.25, 0.3) is 0 Å². The number of methoxy groups -OCH3 is 1. The van der Waals surface area contributed by atoms with Crippen LogP contribution in [-0.2, 0) is 16.0 Å². The highest BCUT2D eigenvalue weighted by Crippen LogP contribution is 2.21. The van der Waals surface area contributed by atoms with Crippen molar-refractivity contribution in [1.82, 2.24) is 5.32 Å². The molecule has 3 rings (SSSR count). The Bertz CT molecular complexity index is 772. The van der Waals surface area contributed by atoms with Crippen LogP contribution < -0.4 is 10.1 Å². The summed E-state index contributed by atoms with van der Waals surface area (Å²) in [6, 6.07) is 14.0. The molecular formula is C19H19NO5. The minimum absolute atomic E-state index is 0.0286. The van der Waals surface area contributed by atoms with Crippen LogP contribution in [0.3, 0.4) is 0 Å². The van der Waals surface area contributed by atoms with Crippen molar-refractivity contribution < 1.29 is 24.2 Å². The number of rotatable bonds is 5. The predicted molar refractivity (Wildman–Crippen MR) is 90.3 cm³/mol. The van der Waals surface area contributed by atoms with Crippen LogP contribution in [-0.4, -0.2) is 36.7 Å². The van der Waals surface area contributed by atoms with E-state index in [4.69, 9.17) is 9.47 Å². The fourth-order valence-corrected chi connectivity index (χ4v) is 2.73. The molecule has 0 aromatic heterocycles. The Hall–Kier alpha value is -2.86. The van der Waals surface area contributed by atoms with E-state index < -0.39 is 24.1 Å². The summed E-state index contributed by atoms with van der Waals surface area (Å²) >= 11 is 0. The summed E-state index contributed by atoms with van der Waals surface area (Å²) in [5, 5.41) is 12.8. The molecule has 2 aromatic rings. The van der Waals surface area contributed by atoms with Gasteiger partial charge in [-0.2, -0.15) is 0 Å². The number of ether oxygens (including phenoxy) is 2. The molecule has 2 atom stereocenters. The molecular weight excluding hydrogens is 322 g/mol. The average molecular weight is 341 g/mol. The van der Waals surface area contributed by atoms with Gasteiger partial charge >= 0.3 is 5.97 Å². The van der Waals surface area contributed by atoms with Crippen LogP contribution in [0.5, 0.6) is 5.75 Å². The van der Waals surface area contributed by atoms with Gasteiger partial charge in [-0.05, 0) is 29.3 Å². The Labute approximate surface area is 145 Å². The molecule has 0 saturated carbocycles. The van der Waals surface area contributed by atoms with E-state index in [1.54, 1.807) is 43.5 Å². The van der Waals surface area contributed by atoms with Crippen LogP contribution >= 0.6 is 0 Å². The molecule has 0 fully saturated rings. The lowest BCUT2D eigenvalue weighted by Gasteiger charge is -2.24. The molecule has 25 heavy (non-hydrogen) atoms. The largest absolute Gasteiger partial charge is 0.497 e. The van der Waals surface area contributed by atoms with Crippen LogP contribution in [0.4, 0.5) is 0 Å². The van der Waals surface area contributed by atoms with E-state index in [-0.39, 0.29) is 6.54 Å². The lowest BCUT2D eigenvalue weighted by molar-refractivity contribution is -0.130. The van der Waals surface area contributed by atoms with Crippen molar-refractivity contribution in [3.8, 4) is 5.75 Å². The Morgan fingerprint density at radius 3 is 2.72 bits per heavy atom. The number of hydrogen-bond acceptors (Lipinski definition) is 5. The van der Waals surface area contributed by atoms with Gasteiger partial charge < -0.3 is 19.9 Å². The van der Waals surface area contributed by atoms with Crippen LogP contribution in [0.1, 0.15) is 27.6 Å². The fraction of sp³-hybridized carbons (Fsp3) is 0.263. The van der Waals surface area contributed by atoms with Gasteiger partial charge in [-0.25, -0.2) is 4.79 Å². The zero-order valence-electron chi connectivity index (χ0n) is 13.8. The maximum Gasteiger partial charge on any atom is 0.339 e. The third-order valence-corrected chi connectivity index (χ3v) is 4.15. The number of nitrogens with one attached hydrogen (secondary N) is 1. The van der Waals surface area contributed by atoms with E-state index in [1.165, 1.54) is 0 Å². The Morgan fingerprint density at radius 1 is 1.28 bits per heavy atom. The summed E-state index contributed by atoms with van der Waals surface area (Å²) in [7, 11) is 1.56. The zero-order chi connectivity index (χ0) is 17.8. The second-order valence-electron chi connectivity index (χ2n) is 5.79. The average Bonchev–Trinajstić information content (AvgIpc) is 2.65. The summed E-state index contributed by atoms with van der Waals surface area (Å²) in [6.45, 7) is 0.0286. The highest BCUT2D eigenvalue weighted by atomic mass is 16.5. The van der Waals surface area contributed by atoms with Crippen LogP contribution in [0, 0.1) is 0 Å². The molecule has 0 unspecified atom stereocenters. The molecule has 1 heterocycles. The molecule has 1 aliphatic rings. The van der Waals surface area contributed by atoms with Gasteiger partial charge in [0.2, 0.25) is 0 Å². The van der Waals surface area contributed by atoms with Gasteiger partial charge in [-0.1, -0.05) is 30.3 Å². The van der Waals surface area contributed by atoms with Crippen molar-refractivity contribution >= 4 is 11.9 Å². The molecule has 2 N–H and O–H groups in total. The van der Waals surface area contributed by atoms with E-state index in [9.17, 15) is 14.7 Å². The molecule has 0 spiro atoms. The molecule has 2 aromatic carbocycles. The predicted octanol–water partition coefficient (Wildman–Crippen LogP) is 1.63. The molecule has 0 bridgehead atoms. The van der Waals surface area contributed by atoms with Crippen molar-refractivity contribution in [2.45, 2.75) is 18.6 Å². The monoisotopic (exact) mass is 341 g/mol. The number of benzene rings is 2. The number of hydrogen-bond donors (Lipinski definition) is 2. The van der Waals surface area contributed by atoms with Gasteiger partial charge in [0, 0.05) is 13.0 Å². The summed E-state index contributed by atoms with van der Waals surface area (Å²) in [4.78, 5) is 24.2. The maximum atomic E-state index is 12.3. The van der Waals surface area contributed by atoms with Crippen LogP contribution in [0.2, 0.25) is 0 Å². The molecule has 6 heteroatoms. The quantitative estimate of drug-likeness (QED) is 0.808. The lowest BCUT2D eigenvalue weighted by atomic mass is 9.98. The number of aliphatic hydroxyl groups excluding tert-OH is 1. The Balaban J connectivity index is 1.58. The van der Waals surface area contributed by atoms with E-state index in [0.717, 1.165) is 5.56 Å². The number of fused-ring (bicyclic) bond motifs is 1. The van der Waals surface area contributed by atoms with Gasteiger partial charge in [-0.15, -0.1) is 0 Å². The van der Waals surface area contributed by atoms with Crippen molar-refractivity contribution in [3.05, 3.63) is 65.2 Å². The maximum absolute atomic E-state index is 12.3. The first kappa shape index (κ1) is 17.0. The molecule has 0 aliphatic carbocycles. The second kappa shape index (κ2) is 7.36. The Morgan fingerprint density at radius 2 is 2.00 bits per heavy atom. The highest BCUT2D eigenvalue weighted by molar-refractivity contribution is 5.95. The van der Waals surface area contributed by atoms with Crippen molar-refractivity contribution in [2.24, 2.45) is 0 Å². The van der Waals surface area contributed by atoms with E-state index in [0.29, 0.717) is 23.3 Å². The molecule has 0 radical (unpaired) electrons. The first-order valence-electron chi connectivity index (χ1n) is 7.97. The van der Waals surface area contributed by atoms with E-state index in [1.807, 2.05) is 12.1 Å². The molecule has 1 aliphatic heterocycles. The van der Waals surface area contributed by atoms with E-state index in [2.05, 4.69) is 5.32 Å². The Kier molecular flexibility index (Phi) is 5.00. The number of esters is 1. The first-order chi connectivity index (χ1) is 12.1. The molecule has 1 amide bonds. The summed E-state index contributed by atoms with van der Waals surface area (Å²) < 4.78 is 10.3. The summed E-state index contributed by atoms with van der Waals surface area (Å²) in [5.41, 5.74) is 1.94. The molecule has 130 valence electrons. The van der Waals surface area contributed by atoms with Crippen molar-refractivity contribution in [3.63, 3.8) is 0 Å². The minimum Gasteiger partial charge on any atom is -0.497 e. The number of amides is 1. The highest BCUT2D eigenvalue weighted by Gasteiger charge is 2.31. The van der Waals surface area contributed by atoms with Gasteiger partial charge in [-0.3, -0.25) is 4.79 Å². The summed E-state index contributed by atoms with van der Waals surface area (Å²) in [6.07, 6.45) is -1.42. The standard InChI is InChI=1S/C19H19NO5/c1-24-14-8-6-12(7-9-14)16(21)11-20-18(22)17-10-13-4-2-3-5-15(13)19(23)25-17/h2-9,16-17,21H,10-11H2,1H3,(H,20,22)/t16-,17-/m0/s1. The third kappa shape index (κ3) is 3.80. The molecule has 6 nitrogen and oxygen atoms in total. The number of carbonyl (C=O) groups excluding carboxylic acids is 2. The smallest absolute Gasteiger partial charge is 0.339 e. The molecule has 0 saturated heterocycles. The number of carbonyl (C=O) groups is 2. The first-order valence-corrected chi connectivity index (χ1v) is 7.97. The van der Waals surface area contributed by atoms with E-state index >= 15 is 0 Å². The second-order valence-corrected chi connectivity index (χ2v) is 5.79. The van der Waals surface area contributed by atoms with Crippen molar-refractivity contribution in [2.75, 3.05) is 13.7 Å². The normalized spacial score (nSPS) is 17.2. The summed E-state index contributed by atoms with van der Waals surface area (Å²) in [5.74, 6) is -0.235. The zero-order valence-corrected chi connectivity index (χ0v) is 13.8. The van der Waals surface area contributed by atoms with Crippen LogP contribution in [0.15, 0.2) is 48.5 Å². The van der Waals surface area contributed by atoms with Crippen molar-refractivity contribution in [1.29, 1.82) is 0 Å².